The summed E-state index contributed by atoms with van der Waals surface area (Å²) in [6.07, 6.45) is 4.41. The van der Waals surface area contributed by atoms with Gasteiger partial charge in [0.1, 0.15) is 0 Å². The number of likely N-dealkylation sites (tertiary alicyclic amines) is 1. The maximum Gasteiger partial charge on any atom is 0.222 e. The van der Waals surface area contributed by atoms with E-state index in [2.05, 4.69) is 27.3 Å². The van der Waals surface area contributed by atoms with Crippen molar-refractivity contribution in [2.24, 2.45) is 10.7 Å². The lowest BCUT2D eigenvalue weighted by Crippen LogP contribution is -2.43. The fourth-order valence-corrected chi connectivity index (χ4v) is 4.66. The van der Waals surface area contributed by atoms with Gasteiger partial charge in [-0.2, -0.15) is 5.26 Å². The van der Waals surface area contributed by atoms with Gasteiger partial charge in [-0.1, -0.05) is 72.8 Å². The zero-order valence-corrected chi connectivity index (χ0v) is 20.4. The highest BCUT2D eigenvalue weighted by molar-refractivity contribution is 5.97. The van der Waals surface area contributed by atoms with E-state index in [4.69, 9.17) is 5.73 Å². The van der Waals surface area contributed by atoms with E-state index in [1.165, 1.54) is 12.8 Å². The number of nitriles is 1. The largest absolute Gasteiger partial charge is 0.369 e. The normalized spacial score (nSPS) is 14.7. The first-order valence-corrected chi connectivity index (χ1v) is 12.4. The van der Waals surface area contributed by atoms with Gasteiger partial charge in [0, 0.05) is 18.8 Å². The summed E-state index contributed by atoms with van der Waals surface area (Å²) in [5.74, 6) is -0.0256. The fraction of sp³-hybridized carbons (Fsp3) is 0.276. The lowest BCUT2D eigenvalue weighted by atomic mass is 10.00. The molecule has 0 aliphatic carbocycles. The van der Waals surface area contributed by atoms with Crippen molar-refractivity contribution in [3.8, 4) is 17.3 Å². The van der Waals surface area contributed by atoms with Crippen molar-refractivity contribution in [2.45, 2.75) is 25.3 Å². The van der Waals surface area contributed by atoms with Crippen LogP contribution in [0.25, 0.3) is 11.1 Å². The zero-order valence-electron chi connectivity index (χ0n) is 20.4. The molecule has 1 fully saturated rings. The maximum atomic E-state index is 13.1. The SMILES string of the molecule is N#CN=C(N)N(c1ccc(-c2ccccc2)cc1)[C@H](CC(=O)NCCN1CCCC1)c1ccccc1. The second-order valence-electron chi connectivity index (χ2n) is 8.88. The molecule has 1 saturated heterocycles. The zero-order chi connectivity index (χ0) is 25.2. The van der Waals surface area contributed by atoms with Crippen molar-refractivity contribution in [2.75, 3.05) is 31.1 Å². The molecule has 184 valence electrons. The molecule has 1 amide bonds. The van der Waals surface area contributed by atoms with E-state index >= 15 is 0 Å². The molecule has 1 aliphatic heterocycles. The summed E-state index contributed by atoms with van der Waals surface area (Å²) < 4.78 is 0. The molecule has 0 spiro atoms. The van der Waals surface area contributed by atoms with Gasteiger partial charge < -0.3 is 20.9 Å². The van der Waals surface area contributed by atoms with Crippen molar-refractivity contribution in [3.63, 3.8) is 0 Å². The number of aliphatic imine (C=N–C) groups is 1. The van der Waals surface area contributed by atoms with E-state index in [-0.39, 0.29) is 18.3 Å². The van der Waals surface area contributed by atoms with E-state index in [0.29, 0.717) is 6.54 Å². The van der Waals surface area contributed by atoms with Crippen molar-refractivity contribution < 1.29 is 4.79 Å². The highest BCUT2D eigenvalue weighted by Crippen LogP contribution is 2.31. The van der Waals surface area contributed by atoms with Gasteiger partial charge in [-0.05, 0) is 54.8 Å². The van der Waals surface area contributed by atoms with Gasteiger partial charge in [-0.15, -0.1) is 4.99 Å². The Labute approximate surface area is 212 Å². The van der Waals surface area contributed by atoms with Crippen LogP contribution in [0.5, 0.6) is 0 Å². The highest BCUT2D eigenvalue weighted by Gasteiger charge is 2.27. The molecule has 0 saturated carbocycles. The Morgan fingerprint density at radius 2 is 1.58 bits per heavy atom. The second-order valence-corrected chi connectivity index (χ2v) is 8.88. The molecule has 1 atom stereocenters. The number of hydrogen-bond donors (Lipinski definition) is 2. The van der Waals surface area contributed by atoms with Gasteiger partial charge in [-0.3, -0.25) is 4.79 Å². The molecule has 0 bridgehead atoms. The molecule has 0 aromatic heterocycles. The molecule has 0 unspecified atom stereocenters. The molecule has 3 aromatic rings. The van der Waals surface area contributed by atoms with Crippen LogP contribution in [-0.4, -0.2) is 42.9 Å². The Bertz CT molecular complexity index is 1180. The van der Waals surface area contributed by atoms with Gasteiger partial charge in [0.05, 0.1) is 12.5 Å². The van der Waals surface area contributed by atoms with E-state index in [9.17, 15) is 10.1 Å². The van der Waals surface area contributed by atoms with E-state index < -0.39 is 6.04 Å². The van der Waals surface area contributed by atoms with Gasteiger partial charge in [-0.25, -0.2) is 0 Å². The smallest absolute Gasteiger partial charge is 0.222 e. The van der Waals surface area contributed by atoms with E-state index in [1.54, 1.807) is 11.1 Å². The van der Waals surface area contributed by atoms with Crippen molar-refractivity contribution >= 4 is 17.6 Å². The Hall–Kier alpha value is -4.15. The Kier molecular flexibility index (Phi) is 8.68. The minimum absolute atomic E-state index is 0.0451. The summed E-state index contributed by atoms with van der Waals surface area (Å²) in [7, 11) is 0. The molecule has 1 heterocycles. The van der Waals surface area contributed by atoms with E-state index in [1.807, 2.05) is 72.8 Å². The first-order valence-electron chi connectivity index (χ1n) is 12.4. The van der Waals surface area contributed by atoms with Crippen molar-refractivity contribution in [3.05, 3.63) is 90.5 Å². The molecule has 3 N–H and O–H groups in total. The van der Waals surface area contributed by atoms with Crippen LogP contribution < -0.4 is 16.0 Å². The summed E-state index contributed by atoms with van der Waals surface area (Å²) in [5, 5.41) is 12.3. The van der Waals surface area contributed by atoms with Crippen LogP contribution >= 0.6 is 0 Å². The maximum absolute atomic E-state index is 13.1. The molecule has 7 nitrogen and oxygen atoms in total. The van der Waals surface area contributed by atoms with Gasteiger partial charge >= 0.3 is 0 Å². The van der Waals surface area contributed by atoms with Crippen LogP contribution in [-0.2, 0) is 4.79 Å². The average molecular weight is 481 g/mol. The Morgan fingerprint density at radius 3 is 2.22 bits per heavy atom. The predicted molar refractivity (Wildman–Crippen MR) is 144 cm³/mol. The number of anilines is 1. The number of rotatable bonds is 9. The molecular weight excluding hydrogens is 448 g/mol. The quantitative estimate of drug-likeness (QED) is 0.270. The number of carbonyl (C=O) groups is 1. The molecular formula is C29H32N6O. The number of nitrogens with two attached hydrogens (primary N) is 1. The minimum Gasteiger partial charge on any atom is -0.369 e. The Morgan fingerprint density at radius 1 is 0.972 bits per heavy atom. The third-order valence-corrected chi connectivity index (χ3v) is 6.49. The van der Waals surface area contributed by atoms with Gasteiger partial charge in [0.2, 0.25) is 18.1 Å². The van der Waals surface area contributed by atoms with Crippen molar-refractivity contribution in [1.82, 2.24) is 10.2 Å². The molecule has 7 heteroatoms. The van der Waals surface area contributed by atoms with Crippen LogP contribution in [0.3, 0.4) is 0 Å². The van der Waals surface area contributed by atoms with Crippen LogP contribution in [0.2, 0.25) is 0 Å². The summed E-state index contributed by atoms with van der Waals surface area (Å²) >= 11 is 0. The highest BCUT2D eigenvalue weighted by atomic mass is 16.1. The topological polar surface area (TPSA) is 97.7 Å². The molecule has 1 aliphatic rings. The van der Waals surface area contributed by atoms with Gasteiger partial charge in [0.15, 0.2) is 0 Å². The second kappa shape index (κ2) is 12.5. The minimum atomic E-state index is -0.433. The number of carbonyl (C=O) groups excluding carboxylic acids is 1. The first-order chi connectivity index (χ1) is 17.7. The summed E-state index contributed by atoms with van der Waals surface area (Å²) in [6.45, 7) is 3.64. The summed E-state index contributed by atoms with van der Waals surface area (Å²) in [4.78, 5) is 21.0. The number of benzene rings is 3. The third kappa shape index (κ3) is 6.49. The van der Waals surface area contributed by atoms with Crippen LogP contribution in [0.15, 0.2) is 89.9 Å². The number of nitrogens with zero attached hydrogens (tertiary/aromatic N) is 4. The predicted octanol–water partition coefficient (Wildman–Crippen LogP) is 4.30. The van der Waals surface area contributed by atoms with Crippen LogP contribution in [0.4, 0.5) is 5.69 Å². The standard InChI is InChI=1S/C29H32N6O/c30-22-33-29(31)35(26-15-13-24(14-16-26)23-9-3-1-4-10-23)27(25-11-5-2-6-12-25)21-28(36)32-17-20-34-18-7-8-19-34/h1-6,9-16,27H,7-8,17-21H2,(H2,31,33)(H,32,36)/t27-/m1/s1. The van der Waals surface area contributed by atoms with Crippen LogP contribution in [0, 0.1) is 11.5 Å². The first kappa shape index (κ1) is 25.0. The average Bonchev–Trinajstić information content (AvgIpc) is 3.43. The van der Waals surface area contributed by atoms with Gasteiger partial charge in [0.25, 0.3) is 0 Å². The number of hydrogen-bond acceptors (Lipinski definition) is 4. The van der Waals surface area contributed by atoms with Crippen molar-refractivity contribution in [1.29, 1.82) is 5.26 Å². The molecule has 36 heavy (non-hydrogen) atoms. The van der Waals surface area contributed by atoms with E-state index in [0.717, 1.165) is 42.0 Å². The molecule has 0 radical (unpaired) electrons. The monoisotopic (exact) mass is 480 g/mol. The lowest BCUT2D eigenvalue weighted by Gasteiger charge is -2.32. The number of nitrogens with one attached hydrogen (secondary N) is 1. The summed E-state index contributed by atoms with van der Waals surface area (Å²) in [5.41, 5.74) is 10.2. The Balaban J connectivity index is 1.59. The fourth-order valence-electron chi connectivity index (χ4n) is 4.66. The number of amides is 1. The summed E-state index contributed by atoms with van der Waals surface area (Å²) in [6, 6.07) is 27.3. The lowest BCUT2D eigenvalue weighted by molar-refractivity contribution is -0.121. The van der Waals surface area contributed by atoms with Crippen LogP contribution in [0.1, 0.15) is 30.9 Å². The third-order valence-electron chi connectivity index (χ3n) is 6.49. The molecule has 3 aromatic carbocycles. The number of guanidine groups is 1. The molecule has 4 rings (SSSR count).